The summed E-state index contributed by atoms with van der Waals surface area (Å²) in [6.07, 6.45) is 0. The van der Waals surface area contributed by atoms with Crippen LogP contribution in [0.2, 0.25) is 0 Å². The molecule has 1 heterocycles. The van der Waals surface area contributed by atoms with E-state index in [9.17, 15) is 5.26 Å². The molecule has 0 fully saturated rings. The van der Waals surface area contributed by atoms with Crippen molar-refractivity contribution < 1.29 is 0 Å². The predicted molar refractivity (Wildman–Crippen MR) is 104 cm³/mol. The molecule has 2 rings (SSSR count). The van der Waals surface area contributed by atoms with Crippen molar-refractivity contribution in [3.63, 3.8) is 0 Å². The van der Waals surface area contributed by atoms with Gasteiger partial charge in [-0.1, -0.05) is 0 Å². The van der Waals surface area contributed by atoms with Crippen molar-refractivity contribution in [3.8, 4) is 6.07 Å². The first-order valence-electron chi connectivity index (χ1n) is 8.80. The molecule has 136 valence electrons. The average Bonchev–Trinajstić information content (AvgIpc) is 3.00. The molecule has 7 heteroatoms. The van der Waals surface area contributed by atoms with Crippen molar-refractivity contribution in [3.05, 3.63) is 35.0 Å². The second-order valence-electron chi connectivity index (χ2n) is 5.94. The van der Waals surface area contributed by atoms with Crippen LogP contribution in [0.25, 0.3) is 0 Å². The van der Waals surface area contributed by atoms with Crippen LogP contribution in [0.5, 0.6) is 0 Å². The van der Waals surface area contributed by atoms with Crippen molar-refractivity contribution in [2.75, 3.05) is 18.0 Å². The molecule has 0 spiro atoms. The molecule has 0 saturated carbocycles. The van der Waals surface area contributed by atoms with Crippen LogP contribution >= 0.6 is 0 Å². The van der Waals surface area contributed by atoms with Gasteiger partial charge in [0.1, 0.15) is 17.3 Å². The Labute approximate surface area is 154 Å². The molecule has 0 saturated heterocycles. The molecule has 7 nitrogen and oxygen atoms in total. The molecular formula is C19H25N7. The van der Waals surface area contributed by atoms with Crippen LogP contribution in [0.1, 0.15) is 44.5 Å². The van der Waals surface area contributed by atoms with Crippen LogP contribution in [0.3, 0.4) is 0 Å². The Morgan fingerprint density at radius 2 is 1.96 bits per heavy atom. The summed E-state index contributed by atoms with van der Waals surface area (Å²) < 4.78 is 1.61. The van der Waals surface area contributed by atoms with Gasteiger partial charge in [-0.05, 0) is 58.4 Å². The molecule has 1 N–H and O–H groups in total. The van der Waals surface area contributed by atoms with Gasteiger partial charge in [0.2, 0.25) is 0 Å². The average molecular weight is 351 g/mol. The summed E-state index contributed by atoms with van der Waals surface area (Å²) in [6, 6.07) is 8.17. The summed E-state index contributed by atoms with van der Waals surface area (Å²) in [7, 11) is 0. The van der Waals surface area contributed by atoms with Crippen molar-refractivity contribution in [1.82, 2.24) is 9.78 Å². The summed E-state index contributed by atoms with van der Waals surface area (Å²) in [4.78, 5) is 2.27. The number of nitrogens with zero attached hydrogens (tertiary/aromatic N) is 6. The van der Waals surface area contributed by atoms with Gasteiger partial charge in [-0.15, -0.1) is 10.2 Å². The summed E-state index contributed by atoms with van der Waals surface area (Å²) in [5.41, 5.74) is 3.82. The van der Waals surface area contributed by atoms with Crippen molar-refractivity contribution in [2.45, 2.75) is 41.2 Å². The Morgan fingerprint density at radius 1 is 1.27 bits per heavy atom. The van der Waals surface area contributed by atoms with Crippen LogP contribution in [0.4, 0.5) is 17.2 Å². The topological polar surface area (TPSA) is 93.4 Å². The minimum Gasteiger partial charge on any atom is -0.372 e. The van der Waals surface area contributed by atoms with Gasteiger partial charge in [-0.2, -0.15) is 10.4 Å². The maximum absolute atomic E-state index is 9.45. The molecule has 0 atom stereocenters. The Bertz CT molecular complexity index is 867. The maximum Gasteiger partial charge on any atom is 0.191 e. The number of hydrogen-bond acceptors (Lipinski definition) is 6. The number of nitriles is 1. The van der Waals surface area contributed by atoms with Crippen LogP contribution < -0.4 is 4.90 Å². The van der Waals surface area contributed by atoms with E-state index in [1.165, 1.54) is 0 Å². The molecule has 0 aliphatic heterocycles. The van der Waals surface area contributed by atoms with Gasteiger partial charge >= 0.3 is 0 Å². The van der Waals surface area contributed by atoms with Crippen molar-refractivity contribution >= 4 is 22.9 Å². The Morgan fingerprint density at radius 3 is 2.46 bits per heavy atom. The lowest BCUT2D eigenvalue weighted by Crippen LogP contribution is -2.21. The molecule has 2 aromatic rings. The summed E-state index contributed by atoms with van der Waals surface area (Å²) in [5.74, 6) is 0.392. The molecule has 0 bridgehead atoms. The number of aromatic nitrogens is 2. The van der Waals surface area contributed by atoms with E-state index in [-0.39, 0.29) is 5.71 Å². The zero-order chi connectivity index (χ0) is 19.3. The Hall–Kier alpha value is -3.01. The second-order valence-corrected chi connectivity index (χ2v) is 5.94. The van der Waals surface area contributed by atoms with Gasteiger partial charge in [-0.3, -0.25) is 0 Å². The van der Waals surface area contributed by atoms with E-state index in [4.69, 9.17) is 5.41 Å². The van der Waals surface area contributed by atoms with E-state index in [1.54, 1.807) is 11.6 Å². The largest absolute Gasteiger partial charge is 0.372 e. The fourth-order valence-corrected chi connectivity index (χ4v) is 2.78. The Balaban J connectivity index is 2.42. The molecule has 0 aliphatic rings. The molecule has 0 unspecified atom stereocenters. The first kappa shape index (κ1) is 19.3. The highest BCUT2D eigenvalue weighted by molar-refractivity contribution is 5.97. The zero-order valence-corrected chi connectivity index (χ0v) is 16.0. The lowest BCUT2D eigenvalue weighted by Gasteiger charge is -2.21. The number of azo groups is 1. The fourth-order valence-electron chi connectivity index (χ4n) is 2.78. The predicted octanol–water partition coefficient (Wildman–Crippen LogP) is 4.73. The van der Waals surface area contributed by atoms with Gasteiger partial charge in [0, 0.05) is 25.3 Å². The SMILES string of the molecule is CCN(CC)c1ccc(N=Nc2c(C#N)c(C(C)=N)nn2CC)c(C)c1. The van der Waals surface area contributed by atoms with E-state index >= 15 is 0 Å². The van der Waals surface area contributed by atoms with E-state index in [0.717, 1.165) is 30.0 Å². The highest BCUT2D eigenvalue weighted by Crippen LogP contribution is 2.29. The third kappa shape index (κ3) is 3.80. The zero-order valence-electron chi connectivity index (χ0n) is 16.0. The lowest BCUT2D eigenvalue weighted by atomic mass is 10.1. The van der Waals surface area contributed by atoms with Gasteiger partial charge in [0.25, 0.3) is 0 Å². The second kappa shape index (κ2) is 8.39. The molecule has 1 aromatic carbocycles. The quantitative estimate of drug-likeness (QED) is 0.577. The van der Waals surface area contributed by atoms with Crippen LogP contribution in [0, 0.1) is 23.7 Å². The smallest absolute Gasteiger partial charge is 0.191 e. The monoisotopic (exact) mass is 351 g/mol. The first-order valence-corrected chi connectivity index (χ1v) is 8.80. The first-order chi connectivity index (χ1) is 12.5. The van der Waals surface area contributed by atoms with Crippen LogP contribution in [-0.2, 0) is 6.54 Å². The van der Waals surface area contributed by atoms with E-state index < -0.39 is 0 Å². The molecule has 0 radical (unpaired) electrons. The standard InChI is InChI=1S/C19H25N7/c1-6-25(7-2)15-9-10-17(13(4)11-15)22-23-19-16(12-20)18(14(5)21)24-26(19)8-3/h9-11,21H,6-8H2,1-5H3. The van der Waals surface area contributed by atoms with Gasteiger partial charge < -0.3 is 10.3 Å². The van der Waals surface area contributed by atoms with Crippen molar-refractivity contribution in [2.24, 2.45) is 10.2 Å². The number of aryl methyl sites for hydroxylation is 2. The fraction of sp³-hybridized carbons (Fsp3) is 0.421. The normalized spacial score (nSPS) is 10.9. The summed E-state index contributed by atoms with van der Waals surface area (Å²) in [5, 5.41) is 30.2. The molecular weight excluding hydrogens is 326 g/mol. The molecule has 0 aliphatic carbocycles. The van der Waals surface area contributed by atoms with Crippen LogP contribution in [0.15, 0.2) is 28.4 Å². The van der Waals surface area contributed by atoms with Gasteiger partial charge in [-0.25, -0.2) is 4.68 Å². The van der Waals surface area contributed by atoms with E-state index in [2.05, 4.69) is 46.2 Å². The van der Waals surface area contributed by atoms with Crippen LogP contribution in [-0.4, -0.2) is 28.6 Å². The minimum absolute atomic E-state index is 0.241. The van der Waals surface area contributed by atoms with Gasteiger partial charge in [0.05, 0.1) is 11.4 Å². The van der Waals surface area contributed by atoms with Crippen molar-refractivity contribution in [1.29, 1.82) is 10.7 Å². The lowest BCUT2D eigenvalue weighted by molar-refractivity contribution is 0.658. The molecule has 1 aromatic heterocycles. The highest BCUT2D eigenvalue weighted by atomic mass is 15.3. The molecule has 26 heavy (non-hydrogen) atoms. The summed E-state index contributed by atoms with van der Waals surface area (Å²) in [6.45, 7) is 12.2. The van der Waals surface area contributed by atoms with E-state index in [0.29, 0.717) is 23.6 Å². The third-order valence-corrected chi connectivity index (χ3v) is 4.25. The molecule has 0 amide bonds. The number of rotatable bonds is 7. The number of benzene rings is 1. The third-order valence-electron chi connectivity index (χ3n) is 4.25. The van der Waals surface area contributed by atoms with E-state index in [1.807, 2.05) is 26.0 Å². The summed E-state index contributed by atoms with van der Waals surface area (Å²) >= 11 is 0. The number of hydrogen-bond donors (Lipinski definition) is 1. The van der Waals surface area contributed by atoms with Gasteiger partial charge in [0.15, 0.2) is 5.82 Å². The maximum atomic E-state index is 9.45. The highest BCUT2D eigenvalue weighted by Gasteiger charge is 2.18. The Kier molecular flexibility index (Phi) is 6.23. The minimum atomic E-state index is 0.241. The number of anilines is 1. The number of nitrogens with one attached hydrogen (secondary N) is 1.